The molecule has 3 nitrogen and oxygen atoms in total. The minimum absolute atomic E-state index is 0.230. The molecule has 1 aliphatic rings. The minimum atomic E-state index is 0.230. The lowest BCUT2D eigenvalue weighted by molar-refractivity contribution is 0.110. The van der Waals surface area contributed by atoms with Gasteiger partial charge < -0.3 is 10.2 Å². The molecule has 0 aliphatic carbocycles. The Morgan fingerprint density at radius 3 is 2.60 bits per heavy atom. The van der Waals surface area contributed by atoms with Crippen LogP contribution in [0, 0.1) is 0 Å². The predicted octanol–water partition coefficient (Wildman–Crippen LogP) is 1.01. The maximum atomic E-state index is 3.38. The van der Waals surface area contributed by atoms with Crippen LogP contribution in [0.5, 0.6) is 0 Å². The van der Waals surface area contributed by atoms with E-state index in [2.05, 4.69) is 43.1 Å². The highest BCUT2D eigenvalue weighted by molar-refractivity contribution is 4.85. The number of likely N-dealkylation sites (N-methyl/N-ethyl adjacent to an activating group) is 2. The van der Waals surface area contributed by atoms with Crippen LogP contribution in [-0.2, 0) is 0 Å². The molecule has 1 atom stereocenters. The van der Waals surface area contributed by atoms with Crippen molar-refractivity contribution in [2.45, 2.75) is 38.3 Å². The predicted molar refractivity (Wildman–Crippen MR) is 66.3 cm³/mol. The molecule has 0 amide bonds. The topological polar surface area (TPSA) is 18.5 Å². The van der Waals surface area contributed by atoms with Crippen molar-refractivity contribution in [3.05, 3.63) is 0 Å². The Balaban J connectivity index is 2.43. The molecule has 0 aromatic heterocycles. The first-order valence-electron chi connectivity index (χ1n) is 6.02. The average molecular weight is 213 g/mol. The van der Waals surface area contributed by atoms with Crippen LogP contribution in [0.4, 0.5) is 0 Å². The fourth-order valence-corrected chi connectivity index (χ4v) is 2.23. The first-order valence-corrected chi connectivity index (χ1v) is 6.02. The molecule has 1 N–H and O–H groups in total. The zero-order valence-electron chi connectivity index (χ0n) is 11.0. The zero-order valence-corrected chi connectivity index (χ0v) is 11.0. The van der Waals surface area contributed by atoms with E-state index in [1.54, 1.807) is 0 Å². The molecule has 1 fully saturated rings. The van der Waals surface area contributed by atoms with Crippen LogP contribution < -0.4 is 5.32 Å². The van der Waals surface area contributed by atoms with Crippen LogP contribution in [0.15, 0.2) is 0 Å². The normalized spacial score (nSPS) is 24.8. The second kappa shape index (κ2) is 5.28. The molecule has 1 unspecified atom stereocenters. The van der Waals surface area contributed by atoms with Gasteiger partial charge in [0.1, 0.15) is 0 Å². The molecule has 0 radical (unpaired) electrons. The fourth-order valence-electron chi connectivity index (χ4n) is 2.23. The summed E-state index contributed by atoms with van der Waals surface area (Å²) in [6.45, 7) is 8.17. The van der Waals surface area contributed by atoms with Gasteiger partial charge in [-0.15, -0.1) is 0 Å². The Labute approximate surface area is 94.8 Å². The SMILES string of the molecule is CNC(C)(C)CN1CCCC(N(C)C)C1. The molecular formula is C12H27N3. The maximum absolute atomic E-state index is 3.38. The first-order chi connectivity index (χ1) is 6.94. The van der Waals surface area contributed by atoms with Crippen molar-refractivity contribution in [2.24, 2.45) is 0 Å². The highest BCUT2D eigenvalue weighted by atomic mass is 15.2. The fraction of sp³-hybridized carbons (Fsp3) is 1.00. The maximum Gasteiger partial charge on any atom is 0.0249 e. The van der Waals surface area contributed by atoms with E-state index in [0.717, 1.165) is 12.6 Å². The molecule has 1 aliphatic heterocycles. The number of hydrogen-bond acceptors (Lipinski definition) is 3. The lowest BCUT2D eigenvalue weighted by Crippen LogP contribution is -2.53. The molecule has 15 heavy (non-hydrogen) atoms. The molecule has 1 saturated heterocycles. The van der Waals surface area contributed by atoms with Gasteiger partial charge in [0.25, 0.3) is 0 Å². The van der Waals surface area contributed by atoms with Crippen LogP contribution in [-0.4, -0.2) is 62.2 Å². The molecular weight excluding hydrogens is 186 g/mol. The number of likely N-dealkylation sites (tertiary alicyclic amines) is 1. The van der Waals surface area contributed by atoms with E-state index >= 15 is 0 Å². The van der Waals surface area contributed by atoms with Crippen molar-refractivity contribution in [3.8, 4) is 0 Å². The number of nitrogens with one attached hydrogen (secondary N) is 1. The summed E-state index contributed by atoms with van der Waals surface area (Å²) in [5.41, 5.74) is 0.230. The molecule has 3 heteroatoms. The van der Waals surface area contributed by atoms with Crippen LogP contribution >= 0.6 is 0 Å². The molecule has 0 spiro atoms. The third kappa shape index (κ3) is 4.09. The van der Waals surface area contributed by atoms with E-state index in [0.29, 0.717) is 0 Å². The summed E-state index contributed by atoms with van der Waals surface area (Å²) in [6, 6.07) is 0.742. The third-order valence-electron chi connectivity index (χ3n) is 3.51. The standard InChI is InChI=1S/C12H27N3/c1-12(2,13-3)10-15-8-6-7-11(9-15)14(4)5/h11,13H,6-10H2,1-5H3. The molecule has 90 valence electrons. The Bertz CT molecular complexity index is 189. The van der Waals surface area contributed by atoms with E-state index < -0.39 is 0 Å². The second-order valence-electron chi connectivity index (χ2n) is 5.63. The van der Waals surface area contributed by atoms with Crippen molar-refractivity contribution < 1.29 is 0 Å². The molecule has 0 saturated carbocycles. The van der Waals surface area contributed by atoms with E-state index in [1.807, 2.05) is 7.05 Å². The lowest BCUT2D eigenvalue weighted by Gasteiger charge is -2.40. The van der Waals surface area contributed by atoms with Crippen LogP contribution in [0.3, 0.4) is 0 Å². The van der Waals surface area contributed by atoms with Gasteiger partial charge in [0.2, 0.25) is 0 Å². The highest BCUT2D eigenvalue weighted by Crippen LogP contribution is 2.16. The van der Waals surface area contributed by atoms with Gasteiger partial charge in [-0.25, -0.2) is 0 Å². The van der Waals surface area contributed by atoms with Crippen molar-refractivity contribution in [1.29, 1.82) is 0 Å². The van der Waals surface area contributed by atoms with E-state index in [4.69, 9.17) is 0 Å². The Kier molecular flexibility index (Phi) is 4.56. The average Bonchev–Trinajstić information content (AvgIpc) is 2.17. The van der Waals surface area contributed by atoms with Gasteiger partial charge in [-0.05, 0) is 54.4 Å². The number of piperidine rings is 1. The van der Waals surface area contributed by atoms with Gasteiger partial charge in [0.15, 0.2) is 0 Å². The van der Waals surface area contributed by atoms with Gasteiger partial charge in [-0.1, -0.05) is 0 Å². The molecule has 0 aromatic rings. The summed E-state index contributed by atoms with van der Waals surface area (Å²) < 4.78 is 0. The van der Waals surface area contributed by atoms with Gasteiger partial charge >= 0.3 is 0 Å². The van der Waals surface area contributed by atoms with Crippen molar-refractivity contribution in [1.82, 2.24) is 15.1 Å². The largest absolute Gasteiger partial charge is 0.314 e. The van der Waals surface area contributed by atoms with Gasteiger partial charge in [0, 0.05) is 24.7 Å². The quantitative estimate of drug-likeness (QED) is 0.752. The Morgan fingerprint density at radius 2 is 2.07 bits per heavy atom. The summed E-state index contributed by atoms with van der Waals surface area (Å²) in [6.07, 6.45) is 2.69. The lowest BCUT2D eigenvalue weighted by atomic mass is 10.0. The van der Waals surface area contributed by atoms with Gasteiger partial charge in [-0.2, -0.15) is 0 Å². The van der Waals surface area contributed by atoms with Crippen LogP contribution in [0.2, 0.25) is 0 Å². The van der Waals surface area contributed by atoms with Gasteiger partial charge in [-0.3, -0.25) is 4.90 Å². The van der Waals surface area contributed by atoms with Crippen molar-refractivity contribution in [2.75, 3.05) is 40.8 Å². The zero-order chi connectivity index (χ0) is 11.5. The highest BCUT2D eigenvalue weighted by Gasteiger charge is 2.25. The summed E-state index contributed by atoms with van der Waals surface area (Å²) in [7, 11) is 6.43. The van der Waals surface area contributed by atoms with Crippen molar-refractivity contribution in [3.63, 3.8) is 0 Å². The van der Waals surface area contributed by atoms with E-state index in [-0.39, 0.29) is 5.54 Å². The summed E-state index contributed by atoms with van der Waals surface area (Å²) in [5.74, 6) is 0. The second-order valence-corrected chi connectivity index (χ2v) is 5.63. The summed E-state index contributed by atoms with van der Waals surface area (Å²) >= 11 is 0. The van der Waals surface area contributed by atoms with Crippen molar-refractivity contribution >= 4 is 0 Å². The molecule has 0 aromatic carbocycles. The first kappa shape index (κ1) is 12.9. The summed E-state index contributed by atoms with van der Waals surface area (Å²) in [5, 5.41) is 3.38. The van der Waals surface area contributed by atoms with Crippen LogP contribution in [0.25, 0.3) is 0 Å². The van der Waals surface area contributed by atoms with Gasteiger partial charge in [0.05, 0.1) is 0 Å². The van der Waals surface area contributed by atoms with E-state index in [9.17, 15) is 0 Å². The molecule has 1 rings (SSSR count). The summed E-state index contributed by atoms with van der Waals surface area (Å²) in [4.78, 5) is 4.95. The van der Waals surface area contributed by atoms with E-state index in [1.165, 1.54) is 25.9 Å². The smallest absolute Gasteiger partial charge is 0.0249 e. The van der Waals surface area contributed by atoms with Crippen LogP contribution in [0.1, 0.15) is 26.7 Å². The monoisotopic (exact) mass is 213 g/mol. The number of hydrogen-bond donors (Lipinski definition) is 1. The Hall–Kier alpha value is -0.120. The minimum Gasteiger partial charge on any atom is -0.314 e. The third-order valence-corrected chi connectivity index (χ3v) is 3.51. The molecule has 0 bridgehead atoms. The molecule has 1 heterocycles. The number of rotatable bonds is 4. The Morgan fingerprint density at radius 1 is 1.40 bits per heavy atom. The number of nitrogens with zero attached hydrogens (tertiary/aromatic N) is 2.